The second kappa shape index (κ2) is 5.43. The van der Waals surface area contributed by atoms with Crippen molar-refractivity contribution in [3.8, 4) is 0 Å². The summed E-state index contributed by atoms with van der Waals surface area (Å²) >= 11 is 3.55. The molecule has 1 unspecified atom stereocenters. The van der Waals surface area contributed by atoms with Gasteiger partial charge in [0.15, 0.2) is 0 Å². The van der Waals surface area contributed by atoms with E-state index < -0.39 is 0 Å². The molecule has 1 aromatic heterocycles. The van der Waals surface area contributed by atoms with Crippen molar-refractivity contribution in [2.45, 2.75) is 31.8 Å². The van der Waals surface area contributed by atoms with Gasteiger partial charge in [-0.2, -0.15) is 0 Å². The van der Waals surface area contributed by atoms with Crippen LogP contribution in [0, 0.1) is 0 Å². The van der Waals surface area contributed by atoms with Crippen molar-refractivity contribution in [1.82, 2.24) is 10.3 Å². The van der Waals surface area contributed by atoms with Gasteiger partial charge in [-0.1, -0.05) is 22.0 Å². The quantitative estimate of drug-likeness (QED) is 0.918. The molecule has 98 valence electrons. The van der Waals surface area contributed by atoms with E-state index in [1.807, 2.05) is 12.4 Å². The fraction of sp³-hybridized carbons (Fsp3) is 0.312. The lowest BCUT2D eigenvalue weighted by Crippen LogP contribution is -2.22. The predicted octanol–water partition coefficient (Wildman–Crippen LogP) is 4.18. The molecule has 0 radical (unpaired) electrons. The lowest BCUT2D eigenvalue weighted by Gasteiger charge is -2.20. The van der Waals surface area contributed by atoms with E-state index >= 15 is 0 Å². The van der Waals surface area contributed by atoms with E-state index in [0.29, 0.717) is 12.1 Å². The molecule has 2 aromatic rings. The Morgan fingerprint density at radius 1 is 1.26 bits per heavy atom. The van der Waals surface area contributed by atoms with Crippen molar-refractivity contribution in [2.24, 2.45) is 0 Å². The zero-order valence-corrected chi connectivity index (χ0v) is 12.5. The molecule has 2 nitrogen and oxygen atoms in total. The normalized spacial score (nSPS) is 19.2. The molecular formula is C16H17BrN2. The number of hydrogen-bond donors (Lipinski definition) is 1. The van der Waals surface area contributed by atoms with E-state index in [-0.39, 0.29) is 0 Å². The summed E-state index contributed by atoms with van der Waals surface area (Å²) in [4.78, 5) is 4.07. The van der Waals surface area contributed by atoms with E-state index in [9.17, 15) is 0 Å². The fourth-order valence-electron chi connectivity index (χ4n) is 2.81. The van der Waals surface area contributed by atoms with Crippen molar-refractivity contribution in [1.29, 1.82) is 0 Å². The summed E-state index contributed by atoms with van der Waals surface area (Å²) in [5.74, 6) is 0. The van der Waals surface area contributed by atoms with Crippen LogP contribution in [0.3, 0.4) is 0 Å². The lowest BCUT2D eigenvalue weighted by atomic mass is 10.1. The maximum absolute atomic E-state index is 4.07. The second-order valence-electron chi connectivity index (χ2n) is 5.10. The minimum atomic E-state index is 0.350. The number of nitrogens with one attached hydrogen (secondary N) is 1. The van der Waals surface area contributed by atoms with E-state index in [1.165, 1.54) is 27.6 Å². The van der Waals surface area contributed by atoms with E-state index in [4.69, 9.17) is 0 Å². The zero-order valence-electron chi connectivity index (χ0n) is 10.9. The number of aryl methyl sites for hydroxylation is 1. The van der Waals surface area contributed by atoms with Crippen LogP contribution in [0.4, 0.5) is 0 Å². The van der Waals surface area contributed by atoms with Crippen LogP contribution in [0.15, 0.2) is 47.2 Å². The average molecular weight is 317 g/mol. The third-order valence-corrected chi connectivity index (χ3v) is 4.33. The molecule has 0 aliphatic heterocycles. The molecule has 1 heterocycles. The Morgan fingerprint density at radius 3 is 2.84 bits per heavy atom. The zero-order chi connectivity index (χ0) is 13.2. The number of pyridine rings is 1. The van der Waals surface area contributed by atoms with Gasteiger partial charge in [-0.25, -0.2) is 0 Å². The van der Waals surface area contributed by atoms with Crippen LogP contribution < -0.4 is 5.32 Å². The molecule has 3 heteroatoms. The van der Waals surface area contributed by atoms with Crippen molar-refractivity contribution in [3.63, 3.8) is 0 Å². The van der Waals surface area contributed by atoms with Gasteiger partial charge < -0.3 is 5.32 Å². The first-order chi connectivity index (χ1) is 9.24. The van der Waals surface area contributed by atoms with Crippen LogP contribution in [0.25, 0.3) is 0 Å². The first-order valence-electron chi connectivity index (χ1n) is 6.68. The first kappa shape index (κ1) is 12.8. The minimum Gasteiger partial charge on any atom is -0.303 e. The van der Waals surface area contributed by atoms with Crippen LogP contribution in [0.1, 0.15) is 42.1 Å². The van der Waals surface area contributed by atoms with E-state index in [2.05, 4.69) is 63.5 Å². The summed E-state index contributed by atoms with van der Waals surface area (Å²) < 4.78 is 1.18. The number of aromatic nitrogens is 1. The Hall–Kier alpha value is -1.19. The van der Waals surface area contributed by atoms with Gasteiger partial charge >= 0.3 is 0 Å². The topological polar surface area (TPSA) is 24.9 Å². The smallest absolute Gasteiger partial charge is 0.0331 e. The standard InChI is InChI=1S/C16H17BrN2/c1-11(12-6-8-18-9-7-12)19-16-5-2-13-10-14(17)3-4-15(13)16/h3-4,6-11,16,19H,2,5H2,1H3/t11-,16?/m0/s1. The maximum Gasteiger partial charge on any atom is 0.0331 e. The molecule has 3 rings (SSSR count). The number of rotatable bonds is 3. The summed E-state index contributed by atoms with van der Waals surface area (Å²) in [6.07, 6.45) is 6.05. The minimum absolute atomic E-state index is 0.350. The summed E-state index contributed by atoms with van der Waals surface area (Å²) in [5, 5.41) is 3.73. The number of fused-ring (bicyclic) bond motifs is 1. The van der Waals surface area contributed by atoms with Gasteiger partial charge in [0.2, 0.25) is 0 Å². The van der Waals surface area contributed by atoms with Crippen LogP contribution in [0.2, 0.25) is 0 Å². The van der Waals surface area contributed by atoms with Crippen LogP contribution in [0.5, 0.6) is 0 Å². The highest BCUT2D eigenvalue weighted by atomic mass is 79.9. The molecule has 19 heavy (non-hydrogen) atoms. The van der Waals surface area contributed by atoms with Crippen molar-refractivity contribution >= 4 is 15.9 Å². The molecule has 1 aromatic carbocycles. The molecule has 0 fully saturated rings. The van der Waals surface area contributed by atoms with Crippen LogP contribution in [-0.4, -0.2) is 4.98 Å². The van der Waals surface area contributed by atoms with Crippen molar-refractivity contribution in [3.05, 3.63) is 63.9 Å². The molecule has 0 spiro atoms. The maximum atomic E-state index is 4.07. The summed E-state index contributed by atoms with van der Waals surface area (Å²) in [6.45, 7) is 2.21. The molecule has 0 saturated heterocycles. The fourth-order valence-corrected chi connectivity index (χ4v) is 3.22. The van der Waals surface area contributed by atoms with Crippen LogP contribution in [-0.2, 0) is 6.42 Å². The Labute approximate surface area is 122 Å². The molecule has 1 aliphatic carbocycles. The second-order valence-corrected chi connectivity index (χ2v) is 6.02. The first-order valence-corrected chi connectivity index (χ1v) is 7.47. The largest absolute Gasteiger partial charge is 0.303 e. The van der Waals surface area contributed by atoms with Gasteiger partial charge in [-0.05, 0) is 60.7 Å². The summed E-state index contributed by atoms with van der Waals surface area (Å²) in [6, 6.07) is 11.6. The molecule has 0 saturated carbocycles. The van der Waals surface area contributed by atoms with Crippen LogP contribution >= 0.6 is 15.9 Å². The third kappa shape index (κ3) is 2.72. The molecule has 0 bridgehead atoms. The van der Waals surface area contributed by atoms with Gasteiger partial charge in [-0.15, -0.1) is 0 Å². The SMILES string of the molecule is C[C@H](NC1CCc2cc(Br)ccc21)c1ccncc1. The van der Waals surface area contributed by atoms with Gasteiger partial charge in [0.25, 0.3) is 0 Å². The highest BCUT2D eigenvalue weighted by molar-refractivity contribution is 9.10. The molecule has 2 atom stereocenters. The molecule has 0 amide bonds. The number of halogens is 1. The predicted molar refractivity (Wildman–Crippen MR) is 81.0 cm³/mol. The highest BCUT2D eigenvalue weighted by Gasteiger charge is 2.23. The van der Waals surface area contributed by atoms with Gasteiger partial charge in [0.1, 0.15) is 0 Å². The monoisotopic (exact) mass is 316 g/mol. The Kier molecular flexibility index (Phi) is 3.67. The van der Waals surface area contributed by atoms with E-state index in [0.717, 1.165) is 6.42 Å². The van der Waals surface area contributed by atoms with Gasteiger partial charge in [0.05, 0.1) is 0 Å². The summed E-state index contributed by atoms with van der Waals surface area (Å²) in [5.41, 5.74) is 4.21. The van der Waals surface area contributed by atoms with E-state index in [1.54, 1.807) is 0 Å². The summed E-state index contributed by atoms with van der Waals surface area (Å²) in [7, 11) is 0. The lowest BCUT2D eigenvalue weighted by molar-refractivity contribution is 0.464. The highest BCUT2D eigenvalue weighted by Crippen LogP contribution is 2.34. The number of benzene rings is 1. The Morgan fingerprint density at radius 2 is 2.05 bits per heavy atom. The molecular weight excluding hydrogens is 300 g/mol. The Balaban J connectivity index is 1.76. The van der Waals surface area contributed by atoms with Crippen molar-refractivity contribution in [2.75, 3.05) is 0 Å². The average Bonchev–Trinajstić information content (AvgIpc) is 2.82. The van der Waals surface area contributed by atoms with Crippen molar-refractivity contribution < 1.29 is 0 Å². The third-order valence-electron chi connectivity index (χ3n) is 3.84. The molecule has 1 N–H and O–H groups in total. The van der Waals surface area contributed by atoms with Gasteiger partial charge in [-0.3, -0.25) is 4.98 Å². The van der Waals surface area contributed by atoms with Gasteiger partial charge in [0, 0.05) is 29.0 Å². The number of hydrogen-bond acceptors (Lipinski definition) is 2. The molecule has 1 aliphatic rings. The Bertz CT molecular complexity index is 568. The number of nitrogens with zero attached hydrogens (tertiary/aromatic N) is 1.